The van der Waals surface area contributed by atoms with Crippen molar-refractivity contribution in [1.29, 1.82) is 0 Å². The predicted molar refractivity (Wildman–Crippen MR) is 74.5 cm³/mol. The molecule has 0 bridgehead atoms. The van der Waals surface area contributed by atoms with Crippen LogP contribution in [-0.2, 0) is 0 Å². The maximum Gasteiger partial charge on any atom is 0.0398 e. The van der Waals surface area contributed by atoms with Crippen molar-refractivity contribution in [2.24, 2.45) is 0 Å². The van der Waals surface area contributed by atoms with E-state index in [1.165, 1.54) is 0 Å². The van der Waals surface area contributed by atoms with Gasteiger partial charge in [-0.05, 0) is 51.5 Å². The average molecular weight is 236 g/mol. The predicted octanol–water partition coefficient (Wildman–Crippen LogP) is 2.11. The first-order valence-corrected chi connectivity index (χ1v) is 6.09. The van der Waals surface area contributed by atoms with E-state index in [9.17, 15) is 0 Å². The molecule has 1 aliphatic rings. The molecule has 0 aromatic heterocycles. The van der Waals surface area contributed by atoms with Gasteiger partial charge in [0.25, 0.3) is 0 Å². The van der Waals surface area contributed by atoms with Gasteiger partial charge in [-0.2, -0.15) is 0 Å². The number of hydrogen-bond acceptors (Lipinski definition) is 3. The van der Waals surface area contributed by atoms with Crippen LogP contribution in [0.5, 0.6) is 0 Å². The first kappa shape index (κ1) is 8.81. The van der Waals surface area contributed by atoms with Gasteiger partial charge in [-0.15, -0.1) is 0 Å². The molecular formula is C14H23N3. The highest BCUT2D eigenvalue weighted by Gasteiger charge is 2.27. The van der Waals surface area contributed by atoms with Crippen molar-refractivity contribution >= 4 is 11.4 Å². The topological polar surface area (TPSA) is 32.5 Å². The summed E-state index contributed by atoms with van der Waals surface area (Å²) >= 11 is 0. The second-order valence-corrected chi connectivity index (χ2v) is 5.06. The van der Waals surface area contributed by atoms with Crippen molar-refractivity contribution in [1.82, 2.24) is 4.90 Å². The van der Waals surface area contributed by atoms with Gasteiger partial charge in [-0.1, -0.05) is 0 Å². The summed E-state index contributed by atoms with van der Waals surface area (Å²) in [5, 5.41) is 0. The van der Waals surface area contributed by atoms with E-state index in [0.29, 0.717) is 13.1 Å². The van der Waals surface area contributed by atoms with Gasteiger partial charge in [0, 0.05) is 40.7 Å². The highest BCUT2D eigenvalue weighted by atomic mass is 15.3. The molecule has 94 valence electrons. The highest BCUT2D eigenvalue weighted by molar-refractivity contribution is 5.59. The zero-order valence-electron chi connectivity index (χ0n) is 13.8. The lowest BCUT2D eigenvalue weighted by molar-refractivity contribution is 0.170. The van der Waals surface area contributed by atoms with Gasteiger partial charge in [0.15, 0.2) is 0 Å². The lowest BCUT2D eigenvalue weighted by atomic mass is 10.1. The van der Waals surface area contributed by atoms with Crippen LogP contribution >= 0.6 is 0 Å². The second kappa shape index (κ2) is 4.57. The van der Waals surface area contributed by atoms with E-state index in [1.807, 2.05) is 39.0 Å². The van der Waals surface area contributed by atoms with Crippen molar-refractivity contribution in [3.8, 4) is 0 Å². The maximum atomic E-state index is 7.65. The second-order valence-electron chi connectivity index (χ2n) is 5.06. The molecule has 0 radical (unpaired) electrons. The third-order valence-corrected chi connectivity index (χ3v) is 3.48. The van der Waals surface area contributed by atoms with Crippen LogP contribution in [0.4, 0.5) is 11.4 Å². The van der Waals surface area contributed by atoms with Crippen LogP contribution in [-0.4, -0.2) is 37.0 Å². The summed E-state index contributed by atoms with van der Waals surface area (Å²) in [5.74, 6) is 0. The highest BCUT2D eigenvalue weighted by Crippen LogP contribution is 2.26. The molecule has 2 rings (SSSR count). The quantitative estimate of drug-likeness (QED) is 0.758. The molecule has 1 aromatic carbocycles. The molecule has 2 atom stereocenters. The zero-order chi connectivity index (χ0) is 15.1. The summed E-state index contributed by atoms with van der Waals surface area (Å²) < 4.78 is 23.0. The summed E-state index contributed by atoms with van der Waals surface area (Å²) in [6, 6.07) is 5.86. The number of nitrogens with two attached hydrogens (primary N) is 1. The molecule has 3 heteroatoms. The van der Waals surface area contributed by atoms with Crippen LogP contribution in [0.1, 0.15) is 23.5 Å². The molecule has 1 fully saturated rings. The third kappa shape index (κ3) is 2.39. The lowest BCUT2D eigenvalue weighted by Crippen LogP contribution is -2.55. The Morgan fingerprint density at radius 3 is 2.47 bits per heavy atom. The lowest BCUT2D eigenvalue weighted by Gasteiger charge is -2.44. The molecular weight excluding hydrogens is 210 g/mol. The molecule has 1 aliphatic heterocycles. The fraction of sp³-hybridized carbons (Fsp3) is 0.571. The van der Waals surface area contributed by atoms with E-state index in [4.69, 9.17) is 9.85 Å². The van der Waals surface area contributed by atoms with E-state index >= 15 is 0 Å². The smallest absolute Gasteiger partial charge is 0.0398 e. The fourth-order valence-corrected chi connectivity index (χ4v) is 2.55. The molecule has 0 amide bonds. The van der Waals surface area contributed by atoms with Gasteiger partial charge in [-0.25, -0.2) is 0 Å². The van der Waals surface area contributed by atoms with E-state index < -0.39 is 6.98 Å². The number of piperazine rings is 1. The number of nitrogen functional groups attached to an aromatic ring is 1. The summed E-state index contributed by atoms with van der Waals surface area (Å²) in [7, 11) is 0. The number of nitrogens with zero attached hydrogens (tertiary/aromatic N) is 2. The largest absolute Gasteiger partial charge is 0.399 e. The Morgan fingerprint density at radius 1 is 1.29 bits per heavy atom. The summed E-state index contributed by atoms with van der Waals surface area (Å²) in [6.07, 6.45) is 0. The minimum Gasteiger partial charge on any atom is -0.399 e. The van der Waals surface area contributed by atoms with E-state index in [1.54, 1.807) is 4.90 Å². The minimum atomic E-state index is -2.03. The standard InChI is InChI=1S/C14H23N3/c1-10-7-13(15)5-6-14(10)17-8-11(2)16(4)12(3)9-17/h5-7,11-12H,8-9,15H2,1-4H3/t11-,12+/i4D3. The molecule has 0 aliphatic carbocycles. The van der Waals surface area contributed by atoms with Crippen molar-refractivity contribution in [3.05, 3.63) is 23.8 Å². The normalized spacial score (nSPS) is 29.6. The van der Waals surface area contributed by atoms with Gasteiger partial charge in [-0.3, -0.25) is 4.90 Å². The molecule has 0 unspecified atom stereocenters. The SMILES string of the molecule is [2H]C([2H])([2H])N1[C@H](C)CN(c2ccc(N)cc2C)C[C@@H]1C. The Hall–Kier alpha value is -1.22. The summed E-state index contributed by atoms with van der Waals surface area (Å²) in [5.41, 5.74) is 8.82. The zero-order valence-corrected chi connectivity index (χ0v) is 10.8. The molecule has 17 heavy (non-hydrogen) atoms. The van der Waals surface area contributed by atoms with E-state index in [2.05, 4.69) is 4.90 Å². The summed E-state index contributed by atoms with van der Waals surface area (Å²) in [4.78, 5) is 3.89. The van der Waals surface area contributed by atoms with Crippen molar-refractivity contribution < 1.29 is 4.11 Å². The number of rotatable bonds is 1. The number of aryl methyl sites for hydroxylation is 1. The van der Waals surface area contributed by atoms with Gasteiger partial charge in [0.1, 0.15) is 0 Å². The molecule has 0 saturated carbocycles. The van der Waals surface area contributed by atoms with Crippen LogP contribution in [0.25, 0.3) is 0 Å². The molecule has 1 aromatic rings. The van der Waals surface area contributed by atoms with Gasteiger partial charge in [0.05, 0.1) is 0 Å². The molecule has 0 spiro atoms. The molecule has 1 saturated heterocycles. The van der Waals surface area contributed by atoms with Gasteiger partial charge >= 0.3 is 0 Å². The first-order chi connectivity index (χ1) is 9.20. The fourth-order valence-electron chi connectivity index (χ4n) is 2.55. The van der Waals surface area contributed by atoms with Crippen LogP contribution < -0.4 is 10.6 Å². The van der Waals surface area contributed by atoms with E-state index in [-0.39, 0.29) is 12.1 Å². The van der Waals surface area contributed by atoms with Crippen molar-refractivity contribution in [3.63, 3.8) is 0 Å². The van der Waals surface area contributed by atoms with Crippen LogP contribution in [0.3, 0.4) is 0 Å². The van der Waals surface area contributed by atoms with E-state index in [0.717, 1.165) is 16.9 Å². The van der Waals surface area contributed by atoms with Gasteiger partial charge < -0.3 is 10.6 Å². The van der Waals surface area contributed by atoms with Gasteiger partial charge in [0.2, 0.25) is 0 Å². The Morgan fingerprint density at radius 2 is 1.94 bits per heavy atom. The number of benzene rings is 1. The Bertz CT molecular complexity index is 475. The monoisotopic (exact) mass is 236 g/mol. The first-order valence-electron chi connectivity index (χ1n) is 7.59. The van der Waals surface area contributed by atoms with Crippen LogP contribution in [0.2, 0.25) is 0 Å². The molecule has 2 N–H and O–H groups in total. The average Bonchev–Trinajstić information content (AvgIpc) is 2.25. The Labute approximate surface area is 108 Å². The number of likely N-dealkylation sites (N-methyl/N-ethyl adjacent to an activating group) is 1. The minimum absolute atomic E-state index is 0.0109. The van der Waals surface area contributed by atoms with Crippen molar-refractivity contribution in [2.75, 3.05) is 30.7 Å². The van der Waals surface area contributed by atoms with Crippen LogP contribution in [0.15, 0.2) is 18.2 Å². The van der Waals surface area contributed by atoms with Crippen LogP contribution in [0, 0.1) is 6.92 Å². The maximum absolute atomic E-state index is 7.65. The van der Waals surface area contributed by atoms with Crippen molar-refractivity contribution in [2.45, 2.75) is 32.9 Å². The number of anilines is 2. The molecule has 1 heterocycles. The Kier molecular flexibility index (Phi) is 2.37. The number of hydrogen-bond donors (Lipinski definition) is 1. The molecule has 3 nitrogen and oxygen atoms in total. The summed E-state index contributed by atoms with van der Waals surface area (Å²) in [6.45, 7) is 5.39. The Balaban J connectivity index is 2.22. The third-order valence-electron chi connectivity index (χ3n) is 3.48.